The fourth-order valence-electron chi connectivity index (χ4n) is 2.24. The minimum Gasteiger partial charge on any atom is -0.496 e. The first kappa shape index (κ1) is 20.1. The van der Waals surface area contributed by atoms with Gasteiger partial charge >= 0.3 is 12.3 Å². The Morgan fingerprint density at radius 1 is 1.00 bits per heavy atom. The zero-order valence-corrected chi connectivity index (χ0v) is 14.3. The maximum atomic E-state index is 14.4. The number of aromatic carboxylic acids is 1. The summed E-state index contributed by atoms with van der Waals surface area (Å²) in [6.07, 6.45) is -4.91. The number of methoxy groups -OCH3 is 2. The maximum Gasteiger partial charge on any atom is 0.573 e. The van der Waals surface area contributed by atoms with E-state index in [1.807, 2.05) is 0 Å². The summed E-state index contributed by atoms with van der Waals surface area (Å²) in [5.74, 6) is -3.95. The third-order valence-corrected chi connectivity index (χ3v) is 3.45. The molecule has 0 aliphatic heterocycles. The predicted octanol–water partition coefficient (Wildman–Crippen LogP) is 4.54. The van der Waals surface area contributed by atoms with Crippen LogP contribution in [0, 0.1) is 12.7 Å². The van der Waals surface area contributed by atoms with Crippen LogP contribution in [0.5, 0.6) is 28.7 Å². The van der Waals surface area contributed by atoms with Crippen LogP contribution in [0.15, 0.2) is 24.3 Å². The van der Waals surface area contributed by atoms with E-state index < -0.39 is 35.2 Å². The molecule has 0 spiro atoms. The molecule has 0 amide bonds. The van der Waals surface area contributed by atoms with Crippen molar-refractivity contribution in [2.45, 2.75) is 13.3 Å². The van der Waals surface area contributed by atoms with Crippen LogP contribution in [0.2, 0.25) is 0 Å². The van der Waals surface area contributed by atoms with Gasteiger partial charge in [0.2, 0.25) is 0 Å². The highest BCUT2D eigenvalue weighted by atomic mass is 19.4. The number of halogens is 4. The molecule has 1 N–H and O–H groups in total. The van der Waals surface area contributed by atoms with Gasteiger partial charge in [0.15, 0.2) is 11.5 Å². The Morgan fingerprint density at radius 2 is 1.63 bits per heavy atom. The molecule has 0 atom stereocenters. The summed E-state index contributed by atoms with van der Waals surface area (Å²) in [6.45, 7) is 1.33. The fourth-order valence-corrected chi connectivity index (χ4v) is 2.24. The monoisotopic (exact) mass is 390 g/mol. The molecule has 2 rings (SSSR count). The molecule has 10 heteroatoms. The van der Waals surface area contributed by atoms with Crippen LogP contribution in [0.4, 0.5) is 17.6 Å². The van der Waals surface area contributed by atoms with E-state index in [-0.39, 0.29) is 22.8 Å². The first-order chi connectivity index (χ1) is 12.6. The molecule has 0 saturated heterocycles. The van der Waals surface area contributed by atoms with E-state index in [1.54, 1.807) is 0 Å². The molecule has 0 bridgehead atoms. The lowest BCUT2D eigenvalue weighted by molar-refractivity contribution is -0.274. The Morgan fingerprint density at radius 3 is 2.15 bits per heavy atom. The molecule has 0 saturated carbocycles. The van der Waals surface area contributed by atoms with Gasteiger partial charge in [-0.25, -0.2) is 9.18 Å². The highest BCUT2D eigenvalue weighted by Gasteiger charge is 2.31. The van der Waals surface area contributed by atoms with Crippen molar-refractivity contribution in [1.29, 1.82) is 0 Å². The summed E-state index contributed by atoms with van der Waals surface area (Å²) < 4.78 is 70.4. The van der Waals surface area contributed by atoms with E-state index in [0.717, 1.165) is 31.4 Å². The SMILES string of the molecule is COc1cc(OC(F)(F)F)ccc1Oc1cc(OC)c(C)c(F)c1C(=O)O. The molecule has 0 fully saturated rings. The Kier molecular flexibility index (Phi) is 5.67. The van der Waals surface area contributed by atoms with Crippen LogP contribution in [-0.2, 0) is 0 Å². The quantitative estimate of drug-likeness (QED) is 0.730. The van der Waals surface area contributed by atoms with Crippen molar-refractivity contribution in [3.63, 3.8) is 0 Å². The molecule has 0 radical (unpaired) electrons. The Bertz CT molecular complexity index is 863. The van der Waals surface area contributed by atoms with Gasteiger partial charge in [-0.1, -0.05) is 0 Å². The number of alkyl halides is 3. The number of carboxylic acids is 1. The number of ether oxygens (including phenoxy) is 4. The number of hydrogen-bond donors (Lipinski definition) is 1. The van der Waals surface area contributed by atoms with Crippen LogP contribution in [0.3, 0.4) is 0 Å². The molecule has 0 unspecified atom stereocenters. The van der Waals surface area contributed by atoms with E-state index in [0.29, 0.717) is 0 Å². The second-order valence-electron chi connectivity index (χ2n) is 5.16. The molecule has 6 nitrogen and oxygen atoms in total. The number of carboxylic acid groups (broad SMARTS) is 1. The van der Waals surface area contributed by atoms with E-state index in [4.69, 9.17) is 14.2 Å². The average molecular weight is 390 g/mol. The molecule has 0 aliphatic rings. The molecule has 0 aromatic heterocycles. The minimum absolute atomic E-state index is 0.0310. The Labute approximate surface area is 150 Å². The third kappa shape index (κ3) is 4.52. The van der Waals surface area contributed by atoms with Gasteiger partial charge in [-0.2, -0.15) is 0 Å². The van der Waals surface area contributed by atoms with Gasteiger partial charge in [-0.3, -0.25) is 0 Å². The van der Waals surface area contributed by atoms with Gasteiger partial charge in [0.1, 0.15) is 28.6 Å². The lowest BCUT2D eigenvalue weighted by Gasteiger charge is -2.16. The zero-order valence-electron chi connectivity index (χ0n) is 14.3. The van der Waals surface area contributed by atoms with Gasteiger partial charge < -0.3 is 24.1 Å². The molecule has 2 aromatic rings. The normalized spacial score (nSPS) is 11.1. The highest BCUT2D eigenvalue weighted by Crippen LogP contribution is 2.40. The van der Waals surface area contributed by atoms with E-state index in [2.05, 4.69) is 4.74 Å². The van der Waals surface area contributed by atoms with Crippen molar-refractivity contribution < 1.29 is 46.4 Å². The maximum absolute atomic E-state index is 14.4. The van der Waals surface area contributed by atoms with Gasteiger partial charge in [0.05, 0.1) is 14.2 Å². The van der Waals surface area contributed by atoms with Crippen LogP contribution >= 0.6 is 0 Å². The molecule has 146 valence electrons. The second-order valence-corrected chi connectivity index (χ2v) is 5.16. The van der Waals surface area contributed by atoms with E-state index in [9.17, 15) is 27.5 Å². The topological polar surface area (TPSA) is 74.2 Å². The van der Waals surface area contributed by atoms with Crippen LogP contribution in [0.1, 0.15) is 15.9 Å². The van der Waals surface area contributed by atoms with Crippen molar-refractivity contribution in [3.05, 3.63) is 41.2 Å². The minimum atomic E-state index is -4.91. The molecular weight excluding hydrogens is 376 g/mol. The van der Waals surface area contributed by atoms with Gasteiger partial charge in [0.25, 0.3) is 0 Å². The lowest BCUT2D eigenvalue weighted by atomic mass is 10.1. The first-order valence-electron chi connectivity index (χ1n) is 7.29. The fraction of sp³-hybridized carbons (Fsp3) is 0.235. The lowest BCUT2D eigenvalue weighted by Crippen LogP contribution is -2.17. The van der Waals surface area contributed by atoms with Gasteiger partial charge in [-0.15, -0.1) is 13.2 Å². The molecule has 27 heavy (non-hydrogen) atoms. The van der Waals surface area contributed by atoms with Crippen molar-refractivity contribution >= 4 is 5.97 Å². The van der Waals surface area contributed by atoms with Crippen molar-refractivity contribution in [2.24, 2.45) is 0 Å². The first-order valence-corrected chi connectivity index (χ1v) is 7.29. The van der Waals surface area contributed by atoms with Crippen LogP contribution < -0.4 is 18.9 Å². The smallest absolute Gasteiger partial charge is 0.496 e. The van der Waals surface area contributed by atoms with E-state index in [1.165, 1.54) is 14.0 Å². The summed E-state index contributed by atoms with van der Waals surface area (Å²) in [5, 5.41) is 9.27. The zero-order chi connectivity index (χ0) is 20.4. The van der Waals surface area contributed by atoms with Crippen LogP contribution in [-0.4, -0.2) is 31.7 Å². The number of carbonyl (C=O) groups is 1. The predicted molar refractivity (Wildman–Crippen MR) is 84.4 cm³/mol. The standard InChI is InChI=1S/C17H14F4O6/c1-8-11(24-2)7-13(14(15(8)18)16(22)23)26-10-5-4-9(6-12(10)25-3)27-17(19,20)21/h4-7H,1-3H3,(H,22,23). The Hall–Kier alpha value is -3.17. The van der Waals surface area contributed by atoms with Crippen molar-refractivity contribution in [3.8, 4) is 28.7 Å². The summed E-state index contributed by atoms with van der Waals surface area (Å²) in [7, 11) is 2.42. The molecular formula is C17H14F4O6. The summed E-state index contributed by atoms with van der Waals surface area (Å²) in [5.41, 5.74) is -0.797. The summed E-state index contributed by atoms with van der Waals surface area (Å²) >= 11 is 0. The summed E-state index contributed by atoms with van der Waals surface area (Å²) in [6, 6.07) is 4.05. The Balaban J connectivity index is 2.50. The number of rotatable bonds is 6. The van der Waals surface area contributed by atoms with Crippen molar-refractivity contribution in [2.75, 3.05) is 14.2 Å². The molecule has 0 heterocycles. The summed E-state index contributed by atoms with van der Waals surface area (Å²) in [4.78, 5) is 11.4. The molecule has 2 aromatic carbocycles. The second kappa shape index (κ2) is 7.60. The molecule has 0 aliphatic carbocycles. The van der Waals surface area contributed by atoms with E-state index >= 15 is 0 Å². The largest absolute Gasteiger partial charge is 0.573 e. The third-order valence-electron chi connectivity index (χ3n) is 3.45. The van der Waals surface area contributed by atoms with Crippen LogP contribution in [0.25, 0.3) is 0 Å². The highest BCUT2D eigenvalue weighted by molar-refractivity contribution is 5.92. The number of benzene rings is 2. The van der Waals surface area contributed by atoms with Gasteiger partial charge in [0, 0.05) is 17.7 Å². The average Bonchev–Trinajstić information content (AvgIpc) is 2.57. The van der Waals surface area contributed by atoms with Gasteiger partial charge in [-0.05, 0) is 19.1 Å². The van der Waals surface area contributed by atoms with Crippen molar-refractivity contribution in [1.82, 2.24) is 0 Å². The number of hydrogen-bond acceptors (Lipinski definition) is 5.